The number of halogens is 3. The van der Waals surface area contributed by atoms with E-state index >= 15 is 0 Å². The van der Waals surface area contributed by atoms with Crippen LogP contribution in [0.15, 0.2) is 109 Å². The highest BCUT2D eigenvalue weighted by Crippen LogP contribution is 2.46. The molecule has 0 spiro atoms. The van der Waals surface area contributed by atoms with Crippen LogP contribution in [0.4, 0.5) is 18.9 Å². The summed E-state index contributed by atoms with van der Waals surface area (Å²) in [6.45, 7) is 0.143. The van der Waals surface area contributed by atoms with E-state index in [1.807, 2.05) is 66.8 Å². The molecule has 3 aromatic carbocycles. The van der Waals surface area contributed by atoms with Gasteiger partial charge in [0, 0.05) is 29.0 Å². The summed E-state index contributed by atoms with van der Waals surface area (Å²) in [5.74, 6) is -5.54. The number of aliphatic carboxylic acids is 2. The van der Waals surface area contributed by atoms with Crippen LogP contribution in [-0.4, -0.2) is 63.2 Å². The summed E-state index contributed by atoms with van der Waals surface area (Å²) in [4.78, 5) is 57.9. The van der Waals surface area contributed by atoms with Gasteiger partial charge in [0.25, 0.3) is 5.91 Å². The molecule has 264 valence electrons. The number of para-hydroxylation sites is 1. The molecule has 5 rings (SSSR count). The topological polar surface area (TPSA) is 190 Å². The Hall–Kier alpha value is -5.41. The summed E-state index contributed by atoms with van der Waals surface area (Å²) in [7, 11) is 0. The Bertz CT molecular complexity index is 1700. The molecule has 0 bridgehead atoms. The van der Waals surface area contributed by atoms with E-state index in [9.17, 15) is 32.3 Å². The molecular weight excluding hydrogens is 679 g/mol. The van der Waals surface area contributed by atoms with Crippen molar-refractivity contribution in [2.45, 2.75) is 29.8 Å². The number of carboxylic acids is 2. The lowest BCUT2D eigenvalue weighted by Crippen LogP contribution is -2.37. The summed E-state index contributed by atoms with van der Waals surface area (Å²) in [6, 6.07) is 25.1. The van der Waals surface area contributed by atoms with Gasteiger partial charge in [0.2, 0.25) is 5.91 Å². The Morgan fingerprint density at radius 3 is 1.98 bits per heavy atom. The maximum atomic E-state index is 12.6. The van der Waals surface area contributed by atoms with Gasteiger partial charge in [-0.05, 0) is 35.4 Å². The summed E-state index contributed by atoms with van der Waals surface area (Å²) in [5, 5.41) is 15.7. The number of rotatable bonds is 9. The van der Waals surface area contributed by atoms with Crippen LogP contribution in [0.5, 0.6) is 0 Å². The highest BCUT2D eigenvalue weighted by atomic mass is 32.2. The third-order valence-corrected chi connectivity index (χ3v) is 8.81. The second-order valence-corrected chi connectivity index (χ2v) is 12.0. The number of hydrogen-bond acceptors (Lipinski definition) is 8. The molecule has 4 atom stereocenters. The molecule has 1 heterocycles. The Kier molecular flexibility index (Phi) is 14.3. The van der Waals surface area contributed by atoms with Gasteiger partial charge >= 0.3 is 24.1 Å². The van der Waals surface area contributed by atoms with E-state index in [0.29, 0.717) is 17.8 Å². The lowest BCUT2D eigenvalue weighted by Gasteiger charge is -2.21. The zero-order valence-corrected chi connectivity index (χ0v) is 27.1. The summed E-state index contributed by atoms with van der Waals surface area (Å²) >= 11 is 1.45. The van der Waals surface area contributed by atoms with Crippen LogP contribution < -0.4 is 16.4 Å². The number of thioether (sulfide) groups is 1. The number of nitrogens with zero attached hydrogens (tertiary/aromatic N) is 1. The maximum absolute atomic E-state index is 12.6. The number of benzene rings is 3. The van der Waals surface area contributed by atoms with Crippen molar-refractivity contribution in [3.05, 3.63) is 126 Å². The number of ether oxygens (including phenoxy) is 1. The largest absolute Gasteiger partial charge is 0.490 e. The van der Waals surface area contributed by atoms with E-state index in [-0.39, 0.29) is 29.7 Å². The molecule has 11 nitrogen and oxygen atoms in total. The molecule has 4 unspecified atom stereocenters. The van der Waals surface area contributed by atoms with E-state index in [1.165, 1.54) is 16.7 Å². The van der Waals surface area contributed by atoms with Crippen molar-refractivity contribution < 1.29 is 52.1 Å². The smallest absolute Gasteiger partial charge is 0.480 e. The quantitative estimate of drug-likeness (QED) is 0.229. The third-order valence-electron chi connectivity index (χ3n) is 7.20. The Morgan fingerprint density at radius 2 is 1.42 bits per heavy atom. The van der Waals surface area contributed by atoms with Crippen LogP contribution >= 0.6 is 11.8 Å². The molecule has 1 aliphatic carbocycles. The Labute approximate surface area is 289 Å². The van der Waals surface area contributed by atoms with Gasteiger partial charge in [0.15, 0.2) is 0 Å². The van der Waals surface area contributed by atoms with E-state index < -0.39 is 41.7 Å². The predicted molar refractivity (Wildman–Crippen MR) is 180 cm³/mol. The second-order valence-electron chi connectivity index (χ2n) is 10.7. The molecule has 6 N–H and O–H groups in total. The monoisotopic (exact) mass is 713 g/mol. The van der Waals surface area contributed by atoms with Gasteiger partial charge in [0.05, 0.1) is 11.2 Å². The van der Waals surface area contributed by atoms with E-state index in [4.69, 9.17) is 31.2 Å². The fraction of sp³-hybridized carbons (Fsp3) is 0.229. The highest BCUT2D eigenvalue weighted by Gasteiger charge is 2.49. The first-order valence-corrected chi connectivity index (χ1v) is 15.8. The molecule has 15 heteroatoms. The van der Waals surface area contributed by atoms with Crippen LogP contribution in [0, 0.1) is 11.8 Å². The van der Waals surface area contributed by atoms with Crippen molar-refractivity contribution in [3.8, 4) is 0 Å². The fourth-order valence-corrected chi connectivity index (χ4v) is 6.44. The highest BCUT2D eigenvalue weighted by molar-refractivity contribution is 8.01. The molecule has 0 saturated carbocycles. The number of primary amides is 1. The number of carboxylic acid groups (broad SMARTS) is 2. The van der Waals surface area contributed by atoms with Crippen LogP contribution in [0.1, 0.15) is 21.5 Å². The minimum Gasteiger partial charge on any atom is -0.480 e. The van der Waals surface area contributed by atoms with Gasteiger partial charge < -0.3 is 26.4 Å². The number of fused-ring (bicyclic) bond motifs is 1. The number of carbonyl (C=O) groups excluding carboxylic acids is 3. The SMILES string of the molecule is NC(=O)C1SC2C=CC=CC2C1C(=O)OCc1ccccc1.NCc1cccc(C(=O)N(CC(=O)O)c2ccccc2)c1.O=C(O)C(F)(F)F. The fourth-order valence-electron chi connectivity index (χ4n) is 4.88. The van der Waals surface area contributed by atoms with E-state index in [1.54, 1.807) is 42.5 Å². The van der Waals surface area contributed by atoms with Crippen molar-refractivity contribution in [1.82, 2.24) is 0 Å². The minimum absolute atomic E-state index is 0.0317. The number of esters is 1. The Balaban J connectivity index is 0.000000228. The van der Waals surface area contributed by atoms with E-state index in [0.717, 1.165) is 11.1 Å². The molecule has 50 heavy (non-hydrogen) atoms. The number of amides is 2. The van der Waals surface area contributed by atoms with Crippen molar-refractivity contribution in [3.63, 3.8) is 0 Å². The molecular formula is C35H34F3N3O8S. The first-order chi connectivity index (χ1) is 23.7. The predicted octanol–water partition coefficient (Wildman–Crippen LogP) is 4.57. The van der Waals surface area contributed by atoms with Gasteiger partial charge in [-0.1, -0.05) is 85.0 Å². The molecule has 3 aromatic rings. The number of nitrogens with two attached hydrogens (primary N) is 2. The first-order valence-electron chi connectivity index (χ1n) is 14.9. The minimum atomic E-state index is -5.08. The zero-order valence-electron chi connectivity index (χ0n) is 26.3. The molecule has 2 aliphatic rings. The standard InChI is InChI=1S/C17H17NO3S.C16H16N2O3.C2HF3O2/c18-16(19)15-14(12-8-4-5-9-13(12)22-15)17(20)21-10-11-6-2-1-3-7-11;17-10-12-5-4-6-13(9-12)16(21)18(11-15(19)20)14-7-2-1-3-8-14;3-2(4,5)1(6)7/h1-9,12-15H,10H2,(H2,18,19);1-9H,10-11,17H2,(H,19,20);(H,6,7). The molecule has 1 saturated heterocycles. The molecule has 1 aliphatic heterocycles. The third kappa shape index (κ3) is 11.3. The average Bonchev–Trinajstić information content (AvgIpc) is 3.51. The molecule has 1 fully saturated rings. The maximum Gasteiger partial charge on any atom is 0.490 e. The van der Waals surface area contributed by atoms with Gasteiger partial charge in [-0.3, -0.25) is 24.1 Å². The zero-order chi connectivity index (χ0) is 36.8. The second kappa shape index (κ2) is 18.4. The van der Waals surface area contributed by atoms with Crippen molar-refractivity contribution in [2.75, 3.05) is 11.4 Å². The lowest BCUT2D eigenvalue weighted by atomic mass is 9.84. The van der Waals surface area contributed by atoms with Crippen LogP contribution in [-0.2, 0) is 37.1 Å². The van der Waals surface area contributed by atoms with Crippen molar-refractivity contribution in [2.24, 2.45) is 23.3 Å². The number of alkyl halides is 3. The first kappa shape index (κ1) is 39.0. The van der Waals surface area contributed by atoms with Crippen LogP contribution in [0.3, 0.4) is 0 Å². The van der Waals surface area contributed by atoms with Crippen molar-refractivity contribution in [1.29, 1.82) is 0 Å². The van der Waals surface area contributed by atoms with Gasteiger partial charge in [-0.2, -0.15) is 13.2 Å². The summed E-state index contributed by atoms with van der Waals surface area (Å²) in [6.07, 6.45) is 2.73. The van der Waals surface area contributed by atoms with E-state index in [2.05, 4.69) is 0 Å². The average molecular weight is 714 g/mol. The summed E-state index contributed by atoms with van der Waals surface area (Å²) < 4.78 is 37.2. The molecule has 0 radical (unpaired) electrons. The molecule has 0 aromatic heterocycles. The van der Waals surface area contributed by atoms with Crippen LogP contribution in [0.25, 0.3) is 0 Å². The number of hydrogen-bond donors (Lipinski definition) is 4. The molecule has 2 amide bonds. The Morgan fingerprint density at radius 1 is 0.840 bits per heavy atom. The van der Waals surface area contributed by atoms with Gasteiger partial charge in [0.1, 0.15) is 13.2 Å². The van der Waals surface area contributed by atoms with Gasteiger partial charge in [-0.25, -0.2) is 4.79 Å². The van der Waals surface area contributed by atoms with Crippen LogP contribution in [0.2, 0.25) is 0 Å². The summed E-state index contributed by atoms with van der Waals surface area (Å²) in [5.41, 5.74) is 13.8. The number of carbonyl (C=O) groups is 5. The van der Waals surface area contributed by atoms with Crippen molar-refractivity contribution >= 4 is 47.2 Å². The lowest BCUT2D eigenvalue weighted by molar-refractivity contribution is -0.192. The number of anilines is 1. The number of allylic oxidation sites excluding steroid dienone is 3. The normalized spacial score (nSPS) is 18.6. The van der Waals surface area contributed by atoms with Gasteiger partial charge in [-0.15, -0.1) is 11.8 Å².